The van der Waals surface area contributed by atoms with Crippen LogP contribution in [0.3, 0.4) is 0 Å². The second kappa shape index (κ2) is 7.21. The van der Waals surface area contributed by atoms with Crippen LogP contribution in [0.25, 0.3) is 0 Å². The van der Waals surface area contributed by atoms with Crippen LogP contribution in [0.4, 0.5) is 0 Å². The standard InChI is InChI=1S/C17H29N3/c1-14-7-4-5-9-16(14)17(18)10-12-20-11-6-8-15(20)13-19(2)3/h4-5,7,9,15,17H,6,8,10-13,18H2,1-3H3. The molecule has 1 aliphatic rings. The van der Waals surface area contributed by atoms with E-state index >= 15 is 0 Å². The third kappa shape index (κ3) is 4.05. The van der Waals surface area contributed by atoms with Crippen molar-refractivity contribution in [3.05, 3.63) is 35.4 Å². The number of likely N-dealkylation sites (N-methyl/N-ethyl adjacent to an activating group) is 1. The summed E-state index contributed by atoms with van der Waals surface area (Å²) in [7, 11) is 4.32. The molecule has 1 saturated heterocycles. The van der Waals surface area contributed by atoms with Gasteiger partial charge >= 0.3 is 0 Å². The molecule has 1 aromatic rings. The second-order valence-electron chi connectivity index (χ2n) is 6.35. The number of hydrogen-bond donors (Lipinski definition) is 1. The number of likely N-dealkylation sites (tertiary alicyclic amines) is 1. The van der Waals surface area contributed by atoms with Gasteiger partial charge < -0.3 is 10.6 Å². The van der Waals surface area contributed by atoms with E-state index in [0.29, 0.717) is 6.04 Å². The van der Waals surface area contributed by atoms with Crippen LogP contribution in [0.2, 0.25) is 0 Å². The topological polar surface area (TPSA) is 32.5 Å². The van der Waals surface area contributed by atoms with Crippen molar-refractivity contribution in [3.8, 4) is 0 Å². The Bertz CT molecular complexity index is 416. The molecule has 0 radical (unpaired) electrons. The van der Waals surface area contributed by atoms with Crippen molar-refractivity contribution in [1.82, 2.24) is 9.80 Å². The van der Waals surface area contributed by atoms with E-state index in [-0.39, 0.29) is 6.04 Å². The molecule has 1 heterocycles. The number of benzene rings is 1. The molecule has 1 fully saturated rings. The van der Waals surface area contributed by atoms with Crippen LogP contribution in [-0.4, -0.2) is 49.6 Å². The SMILES string of the molecule is Cc1ccccc1C(N)CCN1CCCC1CN(C)C. The molecular weight excluding hydrogens is 246 g/mol. The van der Waals surface area contributed by atoms with Gasteiger partial charge in [-0.15, -0.1) is 0 Å². The summed E-state index contributed by atoms with van der Waals surface area (Å²) in [6, 6.07) is 9.37. The Morgan fingerprint density at radius 3 is 2.80 bits per heavy atom. The molecule has 2 unspecified atom stereocenters. The van der Waals surface area contributed by atoms with Crippen LogP contribution in [0, 0.1) is 6.92 Å². The van der Waals surface area contributed by atoms with Crippen molar-refractivity contribution < 1.29 is 0 Å². The molecule has 20 heavy (non-hydrogen) atoms. The van der Waals surface area contributed by atoms with Gasteiger partial charge in [0, 0.05) is 25.2 Å². The van der Waals surface area contributed by atoms with E-state index in [4.69, 9.17) is 5.73 Å². The predicted molar refractivity (Wildman–Crippen MR) is 85.9 cm³/mol. The summed E-state index contributed by atoms with van der Waals surface area (Å²) in [5, 5.41) is 0. The van der Waals surface area contributed by atoms with Crippen LogP contribution >= 0.6 is 0 Å². The zero-order chi connectivity index (χ0) is 14.5. The fourth-order valence-electron chi connectivity index (χ4n) is 3.28. The van der Waals surface area contributed by atoms with Gasteiger partial charge in [0.25, 0.3) is 0 Å². The highest BCUT2D eigenvalue weighted by Gasteiger charge is 2.25. The first-order valence-corrected chi connectivity index (χ1v) is 7.78. The normalized spacial score (nSPS) is 21.6. The van der Waals surface area contributed by atoms with Gasteiger partial charge in [-0.05, 0) is 58.0 Å². The van der Waals surface area contributed by atoms with Crippen LogP contribution in [0.5, 0.6) is 0 Å². The van der Waals surface area contributed by atoms with Crippen molar-refractivity contribution in [2.75, 3.05) is 33.7 Å². The van der Waals surface area contributed by atoms with Gasteiger partial charge in [-0.3, -0.25) is 4.90 Å². The molecule has 1 aliphatic heterocycles. The molecule has 1 aromatic carbocycles. The molecule has 2 atom stereocenters. The lowest BCUT2D eigenvalue weighted by Gasteiger charge is -2.28. The summed E-state index contributed by atoms with van der Waals surface area (Å²) in [6.45, 7) is 5.67. The molecule has 0 amide bonds. The summed E-state index contributed by atoms with van der Waals surface area (Å²) in [4.78, 5) is 4.92. The molecule has 0 aromatic heterocycles. The largest absolute Gasteiger partial charge is 0.324 e. The smallest absolute Gasteiger partial charge is 0.0309 e. The van der Waals surface area contributed by atoms with Crippen molar-refractivity contribution in [2.45, 2.75) is 38.3 Å². The highest BCUT2D eigenvalue weighted by Crippen LogP contribution is 2.22. The Morgan fingerprint density at radius 2 is 2.10 bits per heavy atom. The van der Waals surface area contributed by atoms with E-state index in [1.165, 1.54) is 37.1 Å². The van der Waals surface area contributed by atoms with Gasteiger partial charge in [0.2, 0.25) is 0 Å². The number of nitrogens with two attached hydrogens (primary N) is 1. The lowest BCUT2D eigenvalue weighted by molar-refractivity contribution is 0.202. The highest BCUT2D eigenvalue weighted by atomic mass is 15.2. The summed E-state index contributed by atoms with van der Waals surface area (Å²) in [5.74, 6) is 0. The van der Waals surface area contributed by atoms with E-state index < -0.39 is 0 Å². The average Bonchev–Trinajstić information content (AvgIpc) is 2.83. The maximum absolute atomic E-state index is 6.38. The molecule has 3 heteroatoms. The van der Waals surface area contributed by atoms with Gasteiger partial charge in [0.15, 0.2) is 0 Å². The fraction of sp³-hybridized carbons (Fsp3) is 0.647. The Balaban J connectivity index is 1.87. The third-order valence-electron chi connectivity index (χ3n) is 4.39. The Morgan fingerprint density at radius 1 is 1.35 bits per heavy atom. The molecule has 0 bridgehead atoms. The van der Waals surface area contributed by atoms with Gasteiger partial charge in [-0.1, -0.05) is 24.3 Å². The molecule has 2 rings (SSSR count). The Hall–Kier alpha value is -0.900. The van der Waals surface area contributed by atoms with Crippen molar-refractivity contribution in [2.24, 2.45) is 5.73 Å². The Labute approximate surface area is 123 Å². The second-order valence-corrected chi connectivity index (χ2v) is 6.35. The van der Waals surface area contributed by atoms with Gasteiger partial charge in [0.05, 0.1) is 0 Å². The number of nitrogens with zero attached hydrogens (tertiary/aromatic N) is 2. The molecule has 0 spiro atoms. The van der Waals surface area contributed by atoms with E-state index in [2.05, 4.69) is 55.1 Å². The highest BCUT2D eigenvalue weighted by molar-refractivity contribution is 5.28. The maximum Gasteiger partial charge on any atom is 0.0309 e. The monoisotopic (exact) mass is 275 g/mol. The first-order valence-electron chi connectivity index (χ1n) is 7.78. The third-order valence-corrected chi connectivity index (χ3v) is 4.39. The lowest BCUT2D eigenvalue weighted by atomic mass is 9.99. The Kier molecular flexibility index (Phi) is 5.58. The first kappa shape index (κ1) is 15.5. The van der Waals surface area contributed by atoms with E-state index in [9.17, 15) is 0 Å². The van der Waals surface area contributed by atoms with Crippen LogP contribution in [-0.2, 0) is 0 Å². The van der Waals surface area contributed by atoms with Gasteiger partial charge in [-0.2, -0.15) is 0 Å². The van der Waals surface area contributed by atoms with E-state index in [1.807, 2.05) is 0 Å². The minimum atomic E-state index is 0.164. The number of hydrogen-bond acceptors (Lipinski definition) is 3. The maximum atomic E-state index is 6.38. The molecule has 112 valence electrons. The number of aryl methyl sites for hydroxylation is 1. The fourth-order valence-corrected chi connectivity index (χ4v) is 3.28. The zero-order valence-electron chi connectivity index (χ0n) is 13.2. The summed E-state index contributed by atoms with van der Waals surface area (Å²) in [5.41, 5.74) is 9.00. The molecule has 3 nitrogen and oxygen atoms in total. The number of rotatable bonds is 6. The van der Waals surface area contributed by atoms with Gasteiger partial charge in [0.1, 0.15) is 0 Å². The lowest BCUT2D eigenvalue weighted by Crippen LogP contribution is -2.38. The van der Waals surface area contributed by atoms with E-state index in [1.54, 1.807) is 0 Å². The van der Waals surface area contributed by atoms with Crippen molar-refractivity contribution >= 4 is 0 Å². The van der Waals surface area contributed by atoms with Crippen molar-refractivity contribution in [3.63, 3.8) is 0 Å². The minimum absolute atomic E-state index is 0.164. The summed E-state index contributed by atoms with van der Waals surface area (Å²) >= 11 is 0. The summed E-state index contributed by atoms with van der Waals surface area (Å²) < 4.78 is 0. The molecule has 0 aliphatic carbocycles. The van der Waals surface area contributed by atoms with E-state index in [0.717, 1.165) is 13.0 Å². The van der Waals surface area contributed by atoms with Crippen LogP contribution in [0.1, 0.15) is 36.4 Å². The molecule has 0 saturated carbocycles. The zero-order valence-corrected chi connectivity index (χ0v) is 13.2. The molecular formula is C17H29N3. The van der Waals surface area contributed by atoms with Crippen LogP contribution < -0.4 is 5.73 Å². The quantitative estimate of drug-likeness (QED) is 0.865. The van der Waals surface area contributed by atoms with Crippen LogP contribution in [0.15, 0.2) is 24.3 Å². The molecule has 2 N–H and O–H groups in total. The predicted octanol–water partition coefficient (Wildman–Crippen LogP) is 2.41. The average molecular weight is 275 g/mol. The van der Waals surface area contributed by atoms with Gasteiger partial charge in [-0.25, -0.2) is 0 Å². The minimum Gasteiger partial charge on any atom is -0.324 e. The summed E-state index contributed by atoms with van der Waals surface area (Å²) in [6.07, 6.45) is 3.71. The van der Waals surface area contributed by atoms with Crippen molar-refractivity contribution in [1.29, 1.82) is 0 Å². The first-order chi connectivity index (χ1) is 9.58.